The van der Waals surface area contributed by atoms with Crippen LogP contribution in [-0.4, -0.2) is 24.8 Å². The zero-order valence-electron chi connectivity index (χ0n) is 10.6. The number of pyridine rings is 1. The average molecular weight is 297 g/mol. The molecule has 0 saturated carbocycles. The first kappa shape index (κ1) is 12.1. The number of hydrogen-bond acceptors (Lipinski definition) is 5. The zero-order valence-corrected chi connectivity index (χ0v) is 11.5. The summed E-state index contributed by atoms with van der Waals surface area (Å²) in [5.74, 6) is 0.217. The van der Waals surface area contributed by atoms with Gasteiger partial charge in [0.15, 0.2) is 5.82 Å². The van der Waals surface area contributed by atoms with Crippen LogP contribution in [0.1, 0.15) is 0 Å². The lowest BCUT2D eigenvalue weighted by Crippen LogP contribution is -1.91. The van der Waals surface area contributed by atoms with Gasteiger partial charge < -0.3 is 0 Å². The molecule has 0 radical (unpaired) electrons. The molecule has 102 valence electrons. The summed E-state index contributed by atoms with van der Waals surface area (Å²) in [7, 11) is 0. The van der Waals surface area contributed by atoms with E-state index < -0.39 is 0 Å². The van der Waals surface area contributed by atoms with E-state index in [0.717, 1.165) is 10.6 Å². The summed E-state index contributed by atoms with van der Waals surface area (Å²) in [5, 5.41) is 13.5. The maximum absolute atomic E-state index is 13.3. The van der Waals surface area contributed by atoms with Gasteiger partial charge in [0, 0.05) is 23.5 Å². The summed E-state index contributed by atoms with van der Waals surface area (Å²) < 4.78 is 15.0. The van der Waals surface area contributed by atoms with Crippen molar-refractivity contribution in [1.82, 2.24) is 24.8 Å². The Morgan fingerprint density at radius 3 is 2.67 bits per heavy atom. The van der Waals surface area contributed by atoms with E-state index in [1.54, 1.807) is 29.0 Å². The maximum atomic E-state index is 13.3. The molecule has 0 N–H and O–H groups in total. The van der Waals surface area contributed by atoms with Crippen LogP contribution in [0, 0.1) is 5.82 Å². The summed E-state index contributed by atoms with van der Waals surface area (Å²) >= 11 is 1.43. The van der Waals surface area contributed by atoms with Gasteiger partial charge in [0.05, 0.1) is 0 Å². The number of nitrogens with zero attached hydrogens (tertiary/aromatic N) is 5. The first-order valence-corrected chi connectivity index (χ1v) is 7.01. The topological polar surface area (TPSA) is 56.0 Å². The van der Waals surface area contributed by atoms with Crippen LogP contribution in [-0.2, 0) is 0 Å². The van der Waals surface area contributed by atoms with E-state index >= 15 is 0 Å². The third-order valence-corrected chi connectivity index (χ3v) is 3.95. The average Bonchev–Trinajstić information content (AvgIpc) is 3.08. The molecule has 5 nitrogen and oxygen atoms in total. The largest absolute Gasteiger partial charge is 0.265 e. The van der Waals surface area contributed by atoms with Crippen molar-refractivity contribution in [2.24, 2.45) is 0 Å². The molecule has 4 rings (SSSR count). The van der Waals surface area contributed by atoms with Crippen molar-refractivity contribution in [2.45, 2.75) is 0 Å². The second-order valence-corrected chi connectivity index (χ2v) is 5.33. The molecule has 0 aliphatic rings. The molecular formula is C14H8FN5S. The van der Waals surface area contributed by atoms with E-state index in [1.165, 1.54) is 23.5 Å². The minimum absolute atomic E-state index is 0.311. The fourth-order valence-electron chi connectivity index (χ4n) is 2.04. The van der Waals surface area contributed by atoms with E-state index in [9.17, 15) is 4.39 Å². The van der Waals surface area contributed by atoms with Crippen molar-refractivity contribution in [3.05, 3.63) is 54.6 Å². The summed E-state index contributed by atoms with van der Waals surface area (Å²) in [5.41, 5.74) is 1.61. The van der Waals surface area contributed by atoms with Crippen molar-refractivity contribution < 1.29 is 4.39 Å². The van der Waals surface area contributed by atoms with E-state index in [-0.39, 0.29) is 5.82 Å². The molecule has 0 atom stereocenters. The third kappa shape index (κ3) is 2.07. The first-order chi connectivity index (χ1) is 10.3. The van der Waals surface area contributed by atoms with E-state index in [2.05, 4.69) is 20.3 Å². The van der Waals surface area contributed by atoms with Crippen LogP contribution in [0.2, 0.25) is 0 Å². The molecule has 3 heterocycles. The number of rotatable bonds is 2. The molecule has 4 aromatic rings. The zero-order chi connectivity index (χ0) is 14.2. The molecule has 0 unspecified atom stereocenters. The Morgan fingerprint density at radius 2 is 1.86 bits per heavy atom. The number of fused-ring (bicyclic) bond motifs is 1. The predicted molar refractivity (Wildman–Crippen MR) is 77.3 cm³/mol. The van der Waals surface area contributed by atoms with Crippen molar-refractivity contribution >= 4 is 16.3 Å². The molecule has 3 aromatic heterocycles. The van der Waals surface area contributed by atoms with Gasteiger partial charge >= 0.3 is 0 Å². The van der Waals surface area contributed by atoms with Crippen LogP contribution in [0.4, 0.5) is 4.39 Å². The molecule has 1 aromatic carbocycles. The number of halogens is 1. The van der Waals surface area contributed by atoms with Crippen LogP contribution >= 0.6 is 11.3 Å². The van der Waals surface area contributed by atoms with Crippen molar-refractivity contribution in [2.75, 3.05) is 0 Å². The minimum Gasteiger partial charge on any atom is -0.265 e. The van der Waals surface area contributed by atoms with Crippen molar-refractivity contribution in [3.63, 3.8) is 0 Å². The second kappa shape index (κ2) is 4.71. The highest BCUT2D eigenvalue weighted by molar-refractivity contribution is 7.19. The number of hydrogen-bond donors (Lipinski definition) is 0. The quantitative estimate of drug-likeness (QED) is 0.570. The van der Waals surface area contributed by atoms with Gasteiger partial charge in [-0.05, 0) is 24.3 Å². The van der Waals surface area contributed by atoms with E-state index in [1.807, 2.05) is 12.1 Å². The fourth-order valence-corrected chi connectivity index (χ4v) is 2.88. The monoisotopic (exact) mass is 297 g/mol. The Bertz CT molecular complexity index is 915. The SMILES string of the molecule is Fc1cccc(-c2nnc3sc(-c4ccncc4)nn23)c1. The second-order valence-electron chi connectivity index (χ2n) is 4.37. The lowest BCUT2D eigenvalue weighted by atomic mass is 10.2. The van der Waals surface area contributed by atoms with Crippen molar-refractivity contribution in [3.8, 4) is 22.0 Å². The highest BCUT2D eigenvalue weighted by atomic mass is 32.1. The van der Waals surface area contributed by atoms with Crippen LogP contribution < -0.4 is 0 Å². The Labute approximate surface area is 122 Å². The summed E-state index contributed by atoms with van der Waals surface area (Å²) in [6.45, 7) is 0. The molecule has 0 spiro atoms. The molecule has 7 heteroatoms. The van der Waals surface area contributed by atoms with Crippen LogP contribution in [0.3, 0.4) is 0 Å². The van der Waals surface area contributed by atoms with Crippen LogP contribution in [0.15, 0.2) is 48.8 Å². The van der Waals surface area contributed by atoms with Crippen LogP contribution in [0.25, 0.3) is 26.9 Å². The van der Waals surface area contributed by atoms with Gasteiger partial charge in [-0.2, -0.15) is 9.61 Å². The minimum atomic E-state index is -0.311. The molecule has 0 bridgehead atoms. The van der Waals surface area contributed by atoms with Gasteiger partial charge in [-0.25, -0.2) is 4.39 Å². The Hall–Kier alpha value is -2.67. The van der Waals surface area contributed by atoms with E-state index in [4.69, 9.17) is 0 Å². The summed E-state index contributed by atoms with van der Waals surface area (Å²) in [6, 6.07) is 10.0. The molecule has 0 amide bonds. The number of aromatic nitrogens is 5. The lowest BCUT2D eigenvalue weighted by molar-refractivity contribution is 0.628. The van der Waals surface area contributed by atoms with Crippen LogP contribution in [0.5, 0.6) is 0 Å². The fraction of sp³-hybridized carbons (Fsp3) is 0. The van der Waals surface area contributed by atoms with Gasteiger partial charge in [0.2, 0.25) is 4.96 Å². The standard InChI is InChI=1S/C14H8FN5S/c15-11-3-1-2-10(8-11)12-17-18-14-20(12)19-13(21-14)9-4-6-16-7-5-9/h1-8H. The van der Waals surface area contributed by atoms with Gasteiger partial charge in [0.25, 0.3) is 0 Å². The van der Waals surface area contributed by atoms with Crippen molar-refractivity contribution in [1.29, 1.82) is 0 Å². The lowest BCUT2D eigenvalue weighted by Gasteiger charge is -1.97. The highest BCUT2D eigenvalue weighted by Gasteiger charge is 2.14. The predicted octanol–water partition coefficient (Wildman–Crippen LogP) is 3.05. The maximum Gasteiger partial charge on any atom is 0.235 e. The first-order valence-electron chi connectivity index (χ1n) is 6.20. The van der Waals surface area contributed by atoms with E-state index in [0.29, 0.717) is 16.3 Å². The molecule has 21 heavy (non-hydrogen) atoms. The Balaban J connectivity index is 1.87. The molecular weight excluding hydrogens is 289 g/mol. The normalized spacial score (nSPS) is 11.1. The van der Waals surface area contributed by atoms with Gasteiger partial charge in [0.1, 0.15) is 10.8 Å². The van der Waals surface area contributed by atoms with Gasteiger partial charge in [-0.15, -0.1) is 10.2 Å². The number of benzene rings is 1. The molecule has 0 fully saturated rings. The highest BCUT2D eigenvalue weighted by Crippen LogP contribution is 2.27. The Morgan fingerprint density at radius 1 is 1.00 bits per heavy atom. The molecule has 0 aliphatic heterocycles. The smallest absolute Gasteiger partial charge is 0.235 e. The molecule has 0 saturated heterocycles. The van der Waals surface area contributed by atoms with Gasteiger partial charge in [-0.3, -0.25) is 4.98 Å². The van der Waals surface area contributed by atoms with Gasteiger partial charge in [-0.1, -0.05) is 23.5 Å². The molecule has 0 aliphatic carbocycles. The summed E-state index contributed by atoms with van der Waals surface area (Å²) in [6.07, 6.45) is 3.43. The Kier molecular flexibility index (Phi) is 2.71. The summed E-state index contributed by atoms with van der Waals surface area (Å²) in [4.78, 5) is 4.66. The third-order valence-electron chi connectivity index (χ3n) is 3.00.